The van der Waals surface area contributed by atoms with Crippen LogP contribution in [-0.4, -0.2) is 16.0 Å². The van der Waals surface area contributed by atoms with Gasteiger partial charge < -0.3 is 0 Å². The third-order valence-corrected chi connectivity index (χ3v) is 5.56. The van der Waals surface area contributed by atoms with E-state index in [0.29, 0.717) is 6.67 Å². The van der Waals surface area contributed by atoms with Crippen molar-refractivity contribution < 1.29 is 4.39 Å². The summed E-state index contributed by atoms with van der Waals surface area (Å²) in [5.74, 6) is -0.220. The van der Waals surface area contributed by atoms with Gasteiger partial charge in [-0.05, 0) is 41.6 Å². The molecule has 0 aliphatic heterocycles. The minimum atomic E-state index is -0.220. The molecule has 0 saturated carbocycles. The number of hydrogen-bond acceptors (Lipinski definition) is 5. The number of halogens is 1. The Morgan fingerprint density at radius 3 is 2.50 bits per heavy atom. The van der Waals surface area contributed by atoms with Gasteiger partial charge in [-0.1, -0.05) is 56.0 Å². The predicted octanol–water partition coefficient (Wildman–Crippen LogP) is 4.87. The lowest BCUT2D eigenvalue weighted by Gasteiger charge is -2.32. The van der Waals surface area contributed by atoms with Gasteiger partial charge in [-0.25, -0.2) is 9.07 Å². The second kappa shape index (κ2) is 7.21. The molecule has 1 unspecified atom stereocenters. The summed E-state index contributed by atoms with van der Waals surface area (Å²) in [5.41, 5.74) is 1.04. The lowest BCUT2D eigenvalue weighted by molar-refractivity contribution is 0.251. The fourth-order valence-electron chi connectivity index (χ4n) is 2.23. The predicted molar refractivity (Wildman–Crippen MR) is 94.5 cm³/mol. The normalized spacial score (nSPS) is 13.3. The van der Waals surface area contributed by atoms with Crippen LogP contribution in [0.5, 0.6) is 0 Å². The number of hydrogen-bond donors (Lipinski definition) is 1. The molecule has 0 radical (unpaired) electrons. The van der Waals surface area contributed by atoms with Crippen LogP contribution in [-0.2, 0) is 6.67 Å². The van der Waals surface area contributed by atoms with Crippen LogP contribution in [0, 0.1) is 15.2 Å². The van der Waals surface area contributed by atoms with Gasteiger partial charge in [0.05, 0.1) is 6.67 Å². The van der Waals surface area contributed by atoms with Crippen LogP contribution in [0.3, 0.4) is 0 Å². The molecule has 1 aromatic heterocycles. The molecule has 0 bridgehead atoms. The maximum Gasteiger partial charge on any atom is 0.181 e. The maximum atomic E-state index is 13.1. The Labute approximate surface area is 143 Å². The Hall–Kier alpha value is -0.760. The molecule has 120 valence electrons. The highest BCUT2D eigenvalue weighted by atomic mass is 32.2. The standard InChI is InChI=1S/C15H20FN3S3/c1-15(2,3)12(10-5-7-11(16)8-6-10)17-9-19-14(20)22-13(18-19)21-4/h5-8,12,17H,9H2,1-4H3. The number of thioether (sulfide) groups is 1. The molecule has 0 aliphatic rings. The van der Waals surface area contributed by atoms with Crippen LogP contribution >= 0.6 is 35.3 Å². The van der Waals surface area contributed by atoms with Crippen molar-refractivity contribution in [2.75, 3.05) is 6.26 Å². The SMILES string of the molecule is CSc1nn(CNC(c2ccc(F)cc2)C(C)(C)C)c(=S)s1. The van der Waals surface area contributed by atoms with Crippen LogP contribution in [0.1, 0.15) is 32.4 Å². The molecule has 1 N–H and O–H groups in total. The zero-order chi connectivity index (χ0) is 16.3. The van der Waals surface area contributed by atoms with Crippen molar-refractivity contribution in [1.29, 1.82) is 0 Å². The van der Waals surface area contributed by atoms with Gasteiger partial charge >= 0.3 is 0 Å². The van der Waals surface area contributed by atoms with Crippen LogP contribution in [0.4, 0.5) is 4.39 Å². The van der Waals surface area contributed by atoms with Crippen molar-refractivity contribution >= 4 is 35.3 Å². The third kappa shape index (κ3) is 4.38. The molecule has 1 atom stereocenters. The fourth-order valence-corrected chi connectivity index (χ4v) is 3.98. The minimum Gasteiger partial charge on any atom is -0.291 e. The monoisotopic (exact) mass is 357 g/mol. The van der Waals surface area contributed by atoms with Crippen LogP contribution < -0.4 is 5.32 Å². The Morgan fingerprint density at radius 1 is 1.36 bits per heavy atom. The number of benzene rings is 1. The van der Waals surface area contributed by atoms with Gasteiger partial charge in [0.2, 0.25) is 0 Å². The van der Waals surface area contributed by atoms with Crippen LogP contribution in [0.25, 0.3) is 0 Å². The lowest BCUT2D eigenvalue weighted by Crippen LogP contribution is -2.34. The zero-order valence-electron chi connectivity index (χ0n) is 13.1. The molecule has 0 fully saturated rings. The van der Waals surface area contributed by atoms with E-state index in [1.54, 1.807) is 16.4 Å². The first-order valence-electron chi connectivity index (χ1n) is 6.92. The Bertz CT molecular complexity index is 671. The highest BCUT2D eigenvalue weighted by Gasteiger charge is 2.26. The van der Waals surface area contributed by atoms with E-state index in [2.05, 4.69) is 31.2 Å². The molecule has 0 spiro atoms. The second-order valence-electron chi connectivity index (χ2n) is 6.05. The number of nitrogens with one attached hydrogen (secondary N) is 1. The quantitative estimate of drug-likeness (QED) is 0.611. The van der Waals surface area contributed by atoms with Crippen molar-refractivity contribution in [1.82, 2.24) is 15.1 Å². The summed E-state index contributed by atoms with van der Waals surface area (Å²) >= 11 is 8.44. The summed E-state index contributed by atoms with van der Waals surface area (Å²) in [5, 5.41) is 7.96. The van der Waals surface area contributed by atoms with E-state index in [1.165, 1.54) is 23.5 Å². The molecule has 1 aromatic carbocycles. The average Bonchev–Trinajstić information content (AvgIpc) is 2.80. The molecule has 1 heterocycles. The van der Waals surface area contributed by atoms with E-state index in [-0.39, 0.29) is 17.3 Å². The first kappa shape index (κ1) is 17.6. The van der Waals surface area contributed by atoms with Crippen LogP contribution in [0.15, 0.2) is 28.6 Å². The van der Waals surface area contributed by atoms with E-state index in [9.17, 15) is 4.39 Å². The second-order valence-corrected chi connectivity index (χ2v) is 8.73. The molecule has 2 aromatic rings. The van der Waals surface area contributed by atoms with Gasteiger partial charge in [-0.3, -0.25) is 5.32 Å². The van der Waals surface area contributed by atoms with Gasteiger partial charge in [0.15, 0.2) is 8.29 Å². The topological polar surface area (TPSA) is 29.9 Å². The summed E-state index contributed by atoms with van der Waals surface area (Å²) in [6, 6.07) is 6.72. The molecule has 7 heteroatoms. The van der Waals surface area contributed by atoms with Crippen molar-refractivity contribution in [2.45, 2.75) is 37.8 Å². The summed E-state index contributed by atoms with van der Waals surface area (Å²) in [4.78, 5) is 0. The van der Waals surface area contributed by atoms with Crippen molar-refractivity contribution in [3.8, 4) is 0 Å². The zero-order valence-corrected chi connectivity index (χ0v) is 15.5. The minimum absolute atomic E-state index is 0.0155. The molecule has 2 rings (SSSR count). The van der Waals surface area contributed by atoms with Crippen molar-refractivity contribution in [2.24, 2.45) is 5.41 Å². The van der Waals surface area contributed by atoms with Gasteiger partial charge in [-0.15, -0.1) is 0 Å². The van der Waals surface area contributed by atoms with E-state index >= 15 is 0 Å². The summed E-state index contributed by atoms with van der Waals surface area (Å²) in [6.07, 6.45) is 1.99. The Morgan fingerprint density at radius 2 is 2.00 bits per heavy atom. The molecule has 0 saturated heterocycles. The van der Waals surface area contributed by atoms with Crippen molar-refractivity contribution in [3.63, 3.8) is 0 Å². The summed E-state index contributed by atoms with van der Waals surface area (Å²) in [6.45, 7) is 7.00. The summed E-state index contributed by atoms with van der Waals surface area (Å²) < 4.78 is 16.7. The number of aromatic nitrogens is 2. The van der Waals surface area contributed by atoms with Gasteiger partial charge in [-0.2, -0.15) is 5.10 Å². The maximum absolute atomic E-state index is 13.1. The molecular formula is C15H20FN3S3. The highest BCUT2D eigenvalue weighted by Crippen LogP contribution is 2.33. The van der Waals surface area contributed by atoms with E-state index in [1.807, 2.05) is 18.4 Å². The Balaban J connectivity index is 2.19. The van der Waals surface area contributed by atoms with E-state index in [4.69, 9.17) is 12.2 Å². The highest BCUT2D eigenvalue weighted by molar-refractivity contribution is 8.00. The molecular weight excluding hydrogens is 337 g/mol. The molecule has 22 heavy (non-hydrogen) atoms. The fraction of sp³-hybridized carbons (Fsp3) is 0.467. The summed E-state index contributed by atoms with van der Waals surface area (Å²) in [7, 11) is 0. The van der Waals surface area contributed by atoms with Gasteiger partial charge in [0.1, 0.15) is 5.82 Å². The van der Waals surface area contributed by atoms with Gasteiger partial charge in [0.25, 0.3) is 0 Å². The van der Waals surface area contributed by atoms with E-state index in [0.717, 1.165) is 13.9 Å². The molecule has 3 nitrogen and oxygen atoms in total. The first-order valence-corrected chi connectivity index (χ1v) is 9.37. The smallest absolute Gasteiger partial charge is 0.181 e. The largest absolute Gasteiger partial charge is 0.291 e. The third-order valence-electron chi connectivity index (χ3n) is 3.28. The Kier molecular flexibility index (Phi) is 5.76. The first-order chi connectivity index (χ1) is 10.3. The number of rotatable bonds is 5. The molecule has 0 amide bonds. The van der Waals surface area contributed by atoms with Gasteiger partial charge in [0, 0.05) is 6.04 Å². The van der Waals surface area contributed by atoms with E-state index < -0.39 is 0 Å². The average molecular weight is 358 g/mol. The van der Waals surface area contributed by atoms with Crippen LogP contribution in [0.2, 0.25) is 0 Å². The van der Waals surface area contributed by atoms with Crippen molar-refractivity contribution in [3.05, 3.63) is 39.6 Å². The number of nitrogens with zero attached hydrogens (tertiary/aromatic N) is 2. The molecule has 0 aliphatic carbocycles. The lowest BCUT2D eigenvalue weighted by atomic mass is 9.82.